The largest absolute Gasteiger partial charge is 0.481 e. The summed E-state index contributed by atoms with van der Waals surface area (Å²) < 4.78 is 0. The number of carbonyl (C=O) groups excluding carboxylic acids is 1. The molecule has 0 bridgehead atoms. The van der Waals surface area contributed by atoms with Gasteiger partial charge in [-0.1, -0.05) is 55.5 Å². The van der Waals surface area contributed by atoms with Crippen molar-refractivity contribution in [1.82, 2.24) is 0 Å². The molecule has 0 unspecified atom stereocenters. The van der Waals surface area contributed by atoms with Crippen LogP contribution < -0.4 is 5.73 Å². The van der Waals surface area contributed by atoms with Crippen molar-refractivity contribution in [2.45, 2.75) is 25.7 Å². The summed E-state index contributed by atoms with van der Waals surface area (Å²) in [5.74, 6) is -0.708. The Kier molecular flexibility index (Phi) is 4.96. The number of fused-ring (bicyclic) bond motifs is 2. The van der Waals surface area contributed by atoms with Crippen LogP contribution in [0.25, 0.3) is 0 Å². The maximum atomic E-state index is 12.6. The Morgan fingerprint density at radius 1 is 1.04 bits per heavy atom. The molecule has 0 heterocycles. The van der Waals surface area contributed by atoms with Gasteiger partial charge in [0.2, 0.25) is 0 Å². The Balaban J connectivity index is 0.000000433. The Labute approximate surface area is 136 Å². The molecule has 1 aliphatic rings. The minimum Gasteiger partial charge on any atom is -0.481 e. The summed E-state index contributed by atoms with van der Waals surface area (Å²) in [5, 5.41) is 7.42. The predicted octanol–water partition coefficient (Wildman–Crippen LogP) is 2.98. The Morgan fingerprint density at radius 2 is 1.43 bits per heavy atom. The SMILES string of the molecule is CC(=O)O.CC1(CCN)c2ccccc2C(=O)c2ccccc21. The molecule has 120 valence electrons. The van der Waals surface area contributed by atoms with E-state index in [4.69, 9.17) is 15.6 Å². The van der Waals surface area contributed by atoms with Gasteiger partial charge in [-0.15, -0.1) is 0 Å². The lowest BCUT2D eigenvalue weighted by atomic mass is 9.65. The molecule has 0 aromatic heterocycles. The first-order valence-corrected chi connectivity index (χ1v) is 7.55. The van der Waals surface area contributed by atoms with Crippen LogP contribution in [0.3, 0.4) is 0 Å². The zero-order valence-corrected chi connectivity index (χ0v) is 13.4. The molecule has 23 heavy (non-hydrogen) atoms. The number of aliphatic carboxylic acids is 1. The Bertz CT molecular complexity index is 683. The third kappa shape index (κ3) is 3.17. The maximum Gasteiger partial charge on any atom is 0.300 e. The molecule has 2 aromatic carbocycles. The summed E-state index contributed by atoms with van der Waals surface area (Å²) in [5.41, 5.74) is 9.47. The topological polar surface area (TPSA) is 80.4 Å². The number of hydrogen-bond donors (Lipinski definition) is 2. The first-order valence-electron chi connectivity index (χ1n) is 7.55. The average molecular weight is 311 g/mol. The molecule has 4 nitrogen and oxygen atoms in total. The van der Waals surface area contributed by atoms with Gasteiger partial charge in [-0.05, 0) is 24.1 Å². The summed E-state index contributed by atoms with van der Waals surface area (Å²) in [6.07, 6.45) is 0.842. The van der Waals surface area contributed by atoms with Gasteiger partial charge in [0.25, 0.3) is 5.97 Å². The number of benzene rings is 2. The average Bonchev–Trinajstić information content (AvgIpc) is 2.53. The zero-order chi connectivity index (χ0) is 17.0. The van der Waals surface area contributed by atoms with Gasteiger partial charge in [0.1, 0.15) is 0 Å². The van der Waals surface area contributed by atoms with E-state index in [1.807, 2.05) is 36.4 Å². The van der Waals surface area contributed by atoms with Crippen LogP contribution in [0, 0.1) is 0 Å². The lowest BCUT2D eigenvalue weighted by molar-refractivity contribution is -0.134. The molecule has 0 aliphatic heterocycles. The van der Waals surface area contributed by atoms with E-state index in [2.05, 4.69) is 19.1 Å². The van der Waals surface area contributed by atoms with Crippen LogP contribution in [0.4, 0.5) is 0 Å². The fourth-order valence-electron chi connectivity index (χ4n) is 3.17. The highest BCUT2D eigenvalue weighted by atomic mass is 16.4. The van der Waals surface area contributed by atoms with E-state index in [1.165, 1.54) is 0 Å². The molecular weight excluding hydrogens is 290 g/mol. The lowest BCUT2D eigenvalue weighted by Crippen LogP contribution is -2.34. The van der Waals surface area contributed by atoms with E-state index in [1.54, 1.807) is 0 Å². The van der Waals surface area contributed by atoms with Crippen molar-refractivity contribution in [1.29, 1.82) is 0 Å². The van der Waals surface area contributed by atoms with Crippen LogP contribution in [0.2, 0.25) is 0 Å². The lowest BCUT2D eigenvalue weighted by Gasteiger charge is -2.37. The van der Waals surface area contributed by atoms with Crippen molar-refractivity contribution in [2.75, 3.05) is 6.54 Å². The van der Waals surface area contributed by atoms with E-state index >= 15 is 0 Å². The first kappa shape index (κ1) is 16.9. The third-order valence-electron chi connectivity index (χ3n) is 4.18. The van der Waals surface area contributed by atoms with Crippen molar-refractivity contribution >= 4 is 11.8 Å². The number of hydrogen-bond acceptors (Lipinski definition) is 3. The second-order valence-corrected chi connectivity index (χ2v) is 5.81. The number of carbonyl (C=O) groups is 2. The molecule has 0 amide bonds. The quantitative estimate of drug-likeness (QED) is 0.893. The first-order chi connectivity index (χ1) is 10.9. The van der Waals surface area contributed by atoms with E-state index < -0.39 is 5.97 Å². The molecule has 0 saturated carbocycles. The number of nitrogens with two attached hydrogens (primary N) is 1. The second kappa shape index (κ2) is 6.75. The zero-order valence-electron chi connectivity index (χ0n) is 13.4. The fraction of sp³-hybridized carbons (Fsp3) is 0.263. The van der Waals surface area contributed by atoms with Gasteiger partial charge >= 0.3 is 0 Å². The van der Waals surface area contributed by atoms with E-state index in [0.717, 1.165) is 35.6 Å². The van der Waals surface area contributed by atoms with Crippen LogP contribution in [-0.4, -0.2) is 23.4 Å². The molecule has 0 fully saturated rings. The molecular formula is C19H21NO3. The van der Waals surface area contributed by atoms with E-state index in [9.17, 15) is 4.79 Å². The van der Waals surface area contributed by atoms with Gasteiger partial charge < -0.3 is 10.8 Å². The summed E-state index contributed by atoms with van der Waals surface area (Å²) in [7, 11) is 0. The van der Waals surface area contributed by atoms with Crippen LogP contribution in [0.15, 0.2) is 48.5 Å². The highest BCUT2D eigenvalue weighted by molar-refractivity contribution is 6.13. The monoisotopic (exact) mass is 311 g/mol. The Hall–Kier alpha value is -2.46. The summed E-state index contributed by atoms with van der Waals surface area (Å²) in [4.78, 5) is 21.6. The predicted molar refractivity (Wildman–Crippen MR) is 89.8 cm³/mol. The minimum absolute atomic E-state index is 0.126. The number of carboxylic acids is 1. The Morgan fingerprint density at radius 3 is 1.83 bits per heavy atom. The van der Waals surface area contributed by atoms with Crippen LogP contribution in [0.5, 0.6) is 0 Å². The van der Waals surface area contributed by atoms with Crippen LogP contribution in [0.1, 0.15) is 47.3 Å². The van der Waals surface area contributed by atoms with E-state index in [0.29, 0.717) is 6.54 Å². The molecule has 0 radical (unpaired) electrons. The van der Waals surface area contributed by atoms with Gasteiger partial charge in [-0.2, -0.15) is 0 Å². The highest BCUT2D eigenvalue weighted by Crippen LogP contribution is 2.43. The second-order valence-electron chi connectivity index (χ2n) is 5.81. The van der Waals surface area contributed by atoms with Gasteiger partial charge in [0.15, 0.2) is 5.78 Å². The normalized spacial score (nSPS) is 14.1. The van der Waals surface area contributed by atoms with Crippen molar-refractivity contribution in [3.8, 4) is 0 Å². The van der Waals surface area contributed by atoms with E-state index in [-0.39, 0.29) is 11.2 Å². The van der Waals surface area contributed by atoms with Gasteiger partial charge in [-0.3, -0.25) is 9.59 Å². The molecule has 0 spiro atoms. The highest BCUT2D eigenvalue weighted by Gasteiger charge is 2.38. The molecule has 3 rings (SSSR count). The standard InChI is InChI=1S/C17H17NO.C2H4O2/c1-17(10-11-18)14-8-4-2-6-12(14)16(19)13-7-3-5-9-15(13)17;1-2(3)4/h2-9H,10-11,18H2,1H3;1H3,(H,3,4). The molecule has 1 aliphatic carbocycles. The fourth-order valence-corrected chi connectivity index (χ4v) is 3.17. The number of carboxylic acid groups (broad SMARTS) is 1. The van der Waals surface area contributed by atoms with Crippen molar-refractivity contribution in [2.24, 2.45) is 5.73 Å². The van der Waals surface area contributed by atoms with Gasteiger partial charge in [0, 0.05) is 23.5 Å². The molecule has 2 aromatic rings. The molecule has 3 N–H and O–H groups in total. The summed E-state index contributed by atoms with van der Waals surface area (Å²) >= 11 is 0. The maximum absolute atomic E-state index is 12.6. The van der Waals surface area contributed by atoms with Crippen LogP contribution >= 0.6 is 0 Å². The van der Waals surface area contributed by atoms with Crippen molar-refractivity contribution in [3.63, 3.8) is 0 Å². The van der Waals surface area contributed by atoms with Gasteiger partial charge in [0.05, 0.1) is 0 Å². The van der Waals surface area contributed by atoms with Crippen molar-refractivity contribution in [3.05, 3.63) is 70.8 Å². The summed E-state index contributed by atoms with van der Waals surface area (Å²) in [6.45, 7) is 3.87. The minimum atomic E-state index is -0.833. The smallest absolute Gasteiger partial charge is 0.300 e. The summed E-state index contributed by atoms with van der Waals surface area (Å²) in [6, 6.07) is 15.8. The number of rotatable bonds is 2. The molecule has 0 saturated heterocycles. The van der Waals surface area contributed by atoms with Crippen LogP contribution in [-0.2, 0) is 10.2 Å². The number of ketones is 1. The van der Waals surface area contributed by atoms with Gasteiger partial charge in [-0.25, -0.2) is 0 Å². The molecule has 4 heteroatoms. The molecule has 0 atom stereocenters. The third-order valence-corrected chi connectivity index (χ3v) is 4.18. The van der Waals surface area contributed by atoms with Crippen molar-refractivity contribution < 1.29 is 14.7 Å².